The molecule has 0 unspecified atom stereocenters. The van der Waals surface area contributed by atoms with E-state index < -0.39 is 0 Å². The molecular formula is C6H7Cl2HfO. The second kappa shape index (κ2) is 7.99. The van der Waals surface area contributed by atoms with Gasteiger partial charge in [0.25, 0.3) is 0 Å². The maximum atomic E-state index is 5.06. The van der Waals surface area contributed by atoms with Gasteiger partial charge in [-0.3, -0.25) is 0 Å². The van der Waals surface area contributed by atoms with Gasteiger partial charge in [-0.25, -0.2) is 0 Å². The predicted molar refractivity (Wildman–Crippen MR) is 27.8 cm³/mol. The summed E-state index contributed by atoms with van der Waals surface area (Å²) in [4.78, 5) is 0. The molecule has 1 nitrogen and oxygen atoms in total. The van der Waals surface area contributed by atoms with Gasteiger partial charge < -0.3 is 24.8 Å². The van der Waals surface area contributed by atoms with Crippen LogP contribution in [-0.4, -0.2) is 6.61 Å². The van der Waals surface area contributed by atoms with Gasteiger partial charge in [-0.05, 0) is 0 Å². The topological polar surface area (TPSA) is 9.23 Å². The van der Waals surface area contributed by atoms with Crippen LogP contribution in [0.15, 0.2) is 23.8 Å². The third-order valence-electron chi connectivity index (χ3n) is 1.11. The first kappa shape index (κ1) is 13.5. The van der Waals surface area contributed by atoms with Crippen LogP contribution < -0.4 is 24.8 Å². The summed E-state index contributed by atoms with van der Waals surface area (Å²) in [5, 5.41) is 0. The van der Waals surface area contributed by atoms with Gasteiger partial charge in [0.2, 0.25) is 0 Å². The van der Waals surface area contributed by atoms with Gasteiger partial charge in [-0.1, -0.05) is 0 Å². The molecule has 0 N–H and O–H groups in total. The molecule has 1 aliphatic rings. The Bertz CT molecular complexity index is 134. The third kappa shape index (κ3) is 4.67. The van der Waals surface area contributed by atoms with Crippen molar-refractivity contribution in [2.24, 2.45) is 0 Å². The molecule has 0 aromatic carbocycles. The fourth-order valence-corrected chi connectivity index (χ4v) is 1.36. The van der Waals surface area contributed by atoms with E-state index in [4.69, 9.17) is 2.85 Å². The molecule has 1 aliphatic carbocycles. The molecule has 0 aliphatic heterocycles. The van der Waals surface area contributed by atoms with Crippen LogP contribution in [0.25, 0.3) is 0 Å². The number of halogens is 2. The SMILES string of the molecule is [Cl-].[Cl-].[Hf+2][O]CC1=CC=CC1. The molecule has 0 heterocycles. The monoisotopic (exact) mass is 345 g/mol. The number of hydrogen-bond donors (Lipinski definition) is 0. The van der Waals surface area contributed by atoms with Crippen LogP contribution in [0, 0.1) is 0 Å². The fraction of sp³-hybridized carbons (Fsp3) is 0.333. The quantitative estimate of drug-likeness (QED) is 0.458. The minimum atomic E-state index is 0. The van der Waals surface area contributed by atoms with E-state index >= 15 is 0 Å². The predicted octanol–water partition coefficient (Wildman–Crippen LogP) is -4.64. The van der Waals surface area contributed by atoms with Gasteiger partial charge in [-0.15, -0.1) is 0 Å². The van der Waals surface area contributed by atoms with Crippen LogP contribution >= 0.6 is 0 Å². The Balaban J connectivity index is 0. The van der Waals surface area contributed by atoms with Gasteiger partial charge in [0.1, 0.15) is 0 Å². The number of hydrogen-bond acceptors (Lipinski definition) is 1. The summed E-state index contributed by atoms with van der Waals surface area (Å²) in [5.74, 6) is 0. The summed E-state index contributed by atoms with van der Waals surface area (Å²) in [5.41, 5.74) is 1.40. The Hall–Kier alpha value is 0.890. The summed E-state index contributed by atoms with van der Waals surface area (Å²) in [7, 11) is 0. The molecule has 10 heavy (non-hydrogen) atoms. The molecule has 0 bridgehead atoms. The van der Waals surface area contributed by atoms with Gasteiger partial charge >= 0.3 is 64.5 Å². The molecule has 0 spiro atoms. The van der Waals surface area contributed by atoms with Gasteiger partial charge in [0.15, 0.2) is 0 Å². The Morgan fingerprint density at radius 2 is 2.20 bits per heavy atom. The number of allylic oxidation sites excluding steroid dienone is 3. The van der Waals surface area contributed by atoms with E-state index in [0.717, 1.165) is 37.8 Å². The first-order chi connectivity index (χ1) is 3.93. The normalized spacial score (nSPS) is 13.6. The van der Waals surface area contributed by atoms with Gasteiger partial charge in [0.05, 0.1) is 0 Å². The molecule has 0 saturated heterocycles. The van der Waals surface area contributed by atoms with Crippen molar-refractivity contribution in [2.45, 2.75) is 6.42 Å². The average Bonchev–Trinajstić information content (AvgIpc) is 2.19. The molecule has 0 aromatic heterocycles. The van der Waals surface area contributed by atoms with Crippen LogP contribution in [-0.2, 0) is 27.7 Å². The van der Waals surface area contributed by atoms with Crippen molar-refractivity contribution in [1.29, 1.82) is 0 Å². The van der Waals surface area contributed by atoms with E-state index in [9.17, 15) is 0 Å². The van der Waals surface area contributed by atoms with Crippen LogP contribution in [0.2, 0.25) is 0 Å². The maximum absolute atomic E-state index is 5.06. The molecule has 1 rings (SSSR count). The second-order valence-corrected chi connectivity index (χ2v) is 2.78. The summed E-state index contributed by atoms with van der Waals surface area (Å²) in [6.07, 6.45) is 7.45. The summed E-state index contributed by atoms with van der Waals surface area (Å²) in [6, 6.07) is 0. The summed E-state index contributed by atoms with van der Waals surface area (Å²) < 4.78 is 5.06. The van der Waals surface area contributed by atoms with Crippen molar-refractivity contribution in [1.82, 2.24) is 0 Å². The van der Waals surface area contributed by atoms with Crippen molar-refractivity contribution >= 4 is 0 Å². The van der Waals surface area contributed by atoms with E-state index in [1.807, 2.05) is 0 Å². The molecule has 0 aromatic rings. The minimum absolute atomic E-state index is 0. The summed E-state index contributed by atoms with van der Waals surface area (Å²) in [6.45, 7) is 0.846. The standard InChI is InChI=1S/C6H7O.2ClH.Hf/c7-5-6-3-1-2-4-6;;;/h1-3H,4-5H2;2*1H;/q-1;;;+3/p-2. The van der Waals surface area contributed by atoms with Crippen molar-refractivity contribution in [2.75, 3.05) is 6.61 Å². The Morgan fingerprint density at radius 1 is 1.50 bits per heavy atom. The van der Waals surface area contributed by atoms with E-state index in [1.165, 1.54) is 5.57 Å². The van der Waals surface area contributed by atoms with Crippen molar-refractivity contribution in [3.05, 3.63) is 23.8 Å². The zero-order chi connectivity index (χ0) is 5.82. The van der Waals surface area contributed by atoms with Crippen LogP contribution in [0.3, 0.4) is 0 Å². The zero-order valence-electron chi connectivity index (χ0n) is 5.31. The molecule has 4 heteroatoms. The Labute approximate surface area is 88.9 Å². The molecule has 0 atom stereocenters. The molecule has 0 saturated carbocycles. The van der Waals surface area contributed by atoms with E-state index in [-0.39, 0.29) is 24.8 Å². The fourth-order valence-electron chi connectivity index (χ4n) is 0.691. The molecule has 0 amide bonds. The first-order valence-corrected chi connectivity index (χ1v) is 4.03. The van der Waals surface area contributed by atoms with Gasteiger partial charge in [-0.2, -0.15) is 0 Å². The van der Waals surface area contributed by atoms with E-state index in [1.54, 1.807) is 0 Å². The van der Waals surface area contributed by atoms with Crippen molar-refractivity contribution in [3.8, 4) is 0 Å². The Morgan fingerprint density at radius 3 is 2.60 bits per heavy atom. The van der Waals surface area contributed by atoms with E-state index in [2.05, 4.69) is 18.2 Å². The van der Waals surface area contributed by atoms with Crippen molar-refractivity contribution in [3.63, 3.8) is 0 Å². The Kier molecular flexibility index (Phi) is 10.8. The first-order valence-electron chi connectivity index (χ1n) is 2.56. The third-order valence-corrected chi connectivity index (χ3v) is 1.62. The molecule has 55 valence electrons. The van der Waals surface area contributed by atoms with E-state index in [0.29, 0.717) is 0 Å². The van der Waals surface area contributed by atoms with Crippen LogP contribution in [0.5, 0.6) is 0 Å². The average molecular weight is 345 g/mol. The molecule has 0 fully saturated rings. The van der Waals surface area contributed by atoms with Gasteiger partial charge in [0, 0.05) is 0 Å². The second-order valence-electron chi connectivity index (χ2n) is 1.75. The zero-order valence-corrected chi connectivity index (χ0v) is 10.4. The number of rotatable bonds is 2. The summed E-state index contributed by atoms with van der Waals surface area (Å²) >= 11 is 0.855. The molecular weight excluding hydrogens is 337 g/mol. The van der Waals surface area contributed by atoms with Crippen LogP contribution in [0.1, 0.15) is 6.42 Å². The van der Waals surface area contributed by atoms with Crippen molar-refractivity contribution < 1.29 is 52.5 Å². The molecule has 0 radical (unpaired) electrons. The van der Waals surface area contributed by atoms with Crippen LogP contribution in [0.4, 0.5) is 0 Å².